The highest BCUT2D eigenvalue weighted by Crippen LogP contribution is 2.20. The molecule has 1 aromatic carbocycles. The van der Waals surface area contributed by atoms with E-state index in [1.165, 1.54) is 0 Å². The van der Waals surface area contributed by atoms with Gasteiger partial charge in [0.2, 0.25) is 0 Å². The van der Waals surface area contributed by atoms with Crippen LogP contribution in [-0.4, -0.2) is 17.0 Å². The first-order valence-electron chi connectivity index (χ1n) is 5.19. The van der Waals surface area contributed by atoms with Crippen molar-refractivity contribution in [1.29, 1.82) is 0 Å². The molecule has 0 saturated carbocycles. The SMILES string of the molecule is CC(S)CCc1cc(CCO)ccc1Cl. The number of benzene rings is 1. The van der Waals surface area contributed by atoms with Crippen LogP contribution in [0.1, 0.15) is 24.5 Å². The van der Waals surface area contributed by atoms with Gasteiger partial charge in [0.05, 0.1) is 0 Å². The summed E-state index contributed by atoms with van der Waals surface area (Å²) >= 11 is 10.4. The number of aliphatic hydroxyl groups is 1. The van der Waals surface area contributed by atoms with Crippen molar-refractivity contribution in [2.45, 2.75) is 31.4 Å². The van der Waals surface area contributed by atoms with Gasteiger partial charge in [-0.25, -0.2) is 0 Å². The highest BCUT2D eigenvalue weighted by atomic mass is 35.5. The number of aryl methyl sites for hydroxylation is 1. The van der Waals surface area contributed by atoms with Gasteiger partial charge in [-0.15, -0.1) is 0 Å². The molecule has 0 aliphatic rings. The second-order valence-corrected chi connectivity index (χ2v) is 5.08. The summed E-state index contributed by atoms with van der Waals surface area (Å²) in [6, 6.07) is 5.95. The average molecular weight is 245 g/mol. The Labute approximate surface area is 102 Å². The topological polar surface area (TPSA) is 20.2 Å². The molecule has 0 aliphatic heterocycles. The maximum Gasteiger partial charge on any atom is 0.0471 e. The molecular formula is C12H17ClOS. The predicted octanol–water partition coefficient (Wildman–Crippen LogP) is 3.13. The van der Waals surface area contributed by atoms with E-state index in [-0.39, 0.29) is 6.61 Å². The third-order valence-electron chi connectivity index (χ3n) is 2.34. The standard InChI is InChI=1S/C12H17ClOS/c1-9(15)2-4-11-8-10(6-7-14)3-5-12(11)13/h3,5,8-9,14-15H,2,4,6-7H2,1H3. The van der Waals surface area contributed by atoms with Crippen molar-refractivity contribution in [2.24, 2.45) is 0 Å². The van der Waals surface area contributed by atoms with Gasteiger partial charge < -0.3 is 5.11 Å². The molecule has 0 aliphatic carbocycles. The highest BCUT2D eigenvalue weighted by Gasteiger charge is 2.03. The first-order valence-corrected chi connectivity index (χ1v) is 6.09. The normalized spacial score (nSPS) is 12.8. The minimum atomic E-state index is 0.185. The summed E-state index contributed by atoms with van der Waals surface area (Å²) in [7, 11) is 0. The average Bonchev–Trinajstić information content (AvgIpc) is 2.19. The van der Waals surface area contributed by atoms with E-state index < -0.39 is 0 Å². The van der Waals surface area contributed by atoms with E-state index in [0.29, 0.717) is 11.7 Å². The lowest BCUT2D eigenvalue weighted by molar-refractivity contribution is 0.299. The first-order chi connectivity index (χ1) is 7.13. The third kappa shape index (κ3) is 4.45. The molecule has 0 radical (unpaired) electrons. The Hall–Kier alpha value is -0.180. The summed E-state index contributed by atoms with van der Waals surface area (Å²) in [5, 5.41) is 10.1. The molecule has 1 N–H and O–H groups in total. The molecule has 0 heterocycles. The van der Waals surface area contributed by atoms with Gasteiger partial charge in [0.25, 0.3) is 0 Å². The Morgan fingerprint density at radius 1 is 1.40 bits per heavy atom. The minimum absolute atomic E-state index is 0.185. The van der Waals surface area contributed by atoms with E-state index in [2.05, 4.69) is 25.6 Å². The Morgan fingerprint density at radius 2 is 2.13 bits per heavy atom. The number of hydrogen-bond acceptors (Lipinski definition) is 2. The van der Waals surface area contributed by atoms with Gasteiger partial charge in [0.15, 0.2) is 0 Å². The van der Waals surface area contributed by atoms with Gasteiger partial charge in [0, 0.05) is 11.6 Å². The minimum Gasteiger partial charge on any atom is -0.396 e. The molecular weight excluding hydrogens is 228 g/mol. The largest absolute Gasteiger partial charge is 0.396 e. The Bertz CT molecular complexity index is 312. The number of hydrogen-bond donors (Lipinski definition) is 2. The predicted molar refractivity (Wildman–Crippen MR) is 69.0 cm³/mol. The Kier molecular flexibility index (Phi) is 5.51. The van der Waals surface area contributed by atoms with E-state index in [9.17, 15) is 0 Å². The van der Waals surface area contributed by atoms with E-state index in [1.54, 1.807) is 0 Å². The molecule has 0 amide bonds. The fourth-order valence-corrected chi connectivity index (χ4v) is 1.81. The zero-order chi connectivity index (χ0) is 11.3. The summed E-state index contributed by atoms with van der Waals surface area (Å²) in [6.07, 6.45) is 2.66. The van der Waals surface area contributed by atoms with Gasteiger partial charge in [-0.1, -0.05) is 30.7 Å². The van der Waals surface area contributed by atoms with Crippen LogP contribution in [0.5, 0.6) is 0 Å². The zero-order valence-corrected chi connectivity index (χ0v) is 10.6. The van der Waals surface area contributed by atoms with Crippen molar-refractivity contribution < 1.29 is 5.11 Å². The number of rotatable bonds is 5. The van der Waals surface area contributed by atoms with Crippen molar-refractivity contribution >= 4 is 24.2 Å². The molecule has 1 atom stereocenters. The molecule has 0 aromatic heterocycles. The maximum absolute atomic E-state index is 8.85. The van der Waals surface area contributed by atoms with Gasteiger partial charge in [0.1, 0.15) is 0 Å². The van der Waals surface area contributed by atoms with Crippen molar-refractivity contribution in [3.05, 3.63) is 34.3 Å². The summed E-state index contributed by atoms with van der Waals surface area (Å²) in [5.74, 6) is 0. The lowest BCUT2D eigenvalue weighted by Crippen LogP contribution is -1.98. The van der Waals surface area contributed by atoms with Crippen LogP contribution in [0.4, 0.5) is 0 Å². The lowest BCUT2D eigenvalue weighted by atomic mass is 10.0. The van der Waals surface area contributed by atoms with E-state index in [1.807, 2.05) is 12.1 Å². The second kappa shape index (κ2) is 6.41. The summed E-state index contributed by atoms with van der Waals surface area (Å²) in [6.45, 7) is 2.26. The monoisotopic (exact) mass is 244 g/mol. The molecule has 0 saturated heterocycles. The Morgan fingerprint density at radius 3 is 2.73 bits per heavy atom. The van der Waals surface area contributed by atoms with Crippen LogP contribution in [0.15, 0.2) is 18.2 Å². The maximum atomic E-state index is 8.85. The molecule has 0 fully saturated rings. The molecule has 3 heteroatoms. The van der Waals surface area contributed by atoms with Crippen LogP contribution >= 0.6 is 24.2 Å². The second-order valence-electron chi connectivity index (χ2n) is 3.79. The van der Waals surface area contributed by atoms with Crippen molar-refractivity contribution in [1.82, 2.24) is 0 Å². The van der Waals surface area contributed by atoms with Crippen molar-refractivity contribution in [3.63, 3.8) is 0 Å². The van der Waals surface area contributed by atoms with E-state index in [4.69, 9.17) is 16.7 Å². The van der Waals surface area contributed by atoms with Crippen molar-refractivity contribution in [2.75, 3.05) is 6.61 Å². The molecule has 84 valence electrons. The summed E-state index contributed by atoms with van der Waals surface area (Å²) in [5.41, 5.74) is 2.30. The van der Waals surface area contributed by atoms with Crippen LogP contribution in [-0.2, 0) is 12.8 Å². The van der Waals surface area contributed by atoms with E-state index >= 15 is 0 Å². The van der Waals surface area contributed by atoms with Gasteiger partial charge in [-0.05, 0) is 41.7 Å². The number of thiol groups is 1. The van der Waals surface area contributed by atoms with Crippen LogP contribution in [0.2, 0.25) is 5.02 Å². The van der Waals surface area contributed by atoms with Crippen LogP contribution in [0.25, 0.3) is 0 Å². The number of halogens is 1. The van der Waals surface area contributed by atoms with Gasteiger partial charge in [-0.3, -0.25) is 0 Å². The zero-order valence-electron chi connectivity index (χ0n) is 8.91. The fraction of sp³-hybridized carbons (Fsp3) is 0.500. The molecule has 1 nitrogen and oxygen atoms in total. The molecule has 1 aromatic rings. The lowest BCUT2D eigenvalue weighted by Gasteiger charge is -2.08. The fourth-order valence-electron chi connectivity index (χ4n) is 1.47. The number of aliphatic hydroxyl groups excluding tert-OH is 1. The molecule has 15 heavy (non-hydrogen) atoms. The highest BCUT2D eigenvalue weighted by molar-refractivity contribution is 7.80. The van der Waals surface area contributed by atoms with E-state index in [0.717, 1.165) is 29.0 Å². The summed E-state index contributed by atoms with van der Waals surface area (Å²) in [4.78, 5) is 0. The molecule has 0 bridgehead atoms. The Balaban J connectivity index is 2.71. The molecule has 0 spiro atoms. The summed E-state index contributed by atoms with van der Waals surface area (Å²) < 4.78 is 0. The van der Waals surface area contributed by atoms with Crippen LogP contribution in [0, 0.1) is 0 Å². The third-order valence-corrected chi connectivity index (χ3v) is 2.97. The van der Waals surface area contributed by atoms with Crippen LogP contribution in [0.3, 0.4) is 0 Å². The van der Waals surface area contributed by atoms with Crippen molar-refractivity contribution in [3.8, 4) is 0 Å². The molecule has 1 rings (SSSR count). The quantitative estimate of drug-likeness (QED) is 0.763. The van der Waals surface area contributed by atoms with Crippen LogP contribution < -0.4 is 0 Å². The smallest absolute Gasteiger partial charge is 0.0471 e. The van der Waals surface area contributed by atoms with Gasteiger partial charge in [-0.2, -0.15) is 12.6 Å². The first kappa shape index (κ1) is 12.9. The molecule has 1 unspecified atom stereocenters. The van der Waals surface area contributed by atoms with Gasteiger partial charge >= 0.3 is 0 Å².